The topological polar surface area (TPSA) is 161 Å². The van der Waals surface area contributed by atoms with Crippen molar-refractivity contribution < 1.29 is 58.3 Å². The molecular weight excluding hydrogens is 652 g/mol. The number of hydrogen-bond donors (Lipinski definition) is 4. The molecule has 2 aromatic carbocycles. The minimum Gasteiger partial charge on any atom is -0.394 e. The van der Waals surface area contributed by atoms with Gasteiger partial charge in [0.1, 0.15) is 0 Å². The molecule has 0 unspecified atom stereocenters. The minimum absolute atomic E-state index is 0.00316. The first kappa shape index (κ1) is 43.7. The molecule has 2 aromatic rings. The van der Waals surface area contributed by atoms with Crippen molar-refractivity contribution in [2.75, 3.05) is 168 Å². The zero-order valence-corrected chi connectivity index (χ0v) is 29.5. The summed E-state index contributed by atoms with van der Waals surface area (Å²) in [5.74, 6) is 0. The van der Waals surface area contributed by atoms with Crippen molar-refractivity contribution in [3.8, 4) is 11.1 Å². The molecule has 0 atom stereocenters. The van der Waals surface area contributed by atoms with Crippen LogP contribution in [0.2, 0.25) is 0 Å². The maximum absolute atomic E-state index is 8.85. The molecule has 0 saturated carbocycles. The number of ether oxygens (including phenoxy) is 8. The molecule has 0 aliphatic rings. The lowest BCUT2D eigenvalue weighted by Gasteiger charge is -2.26. The molecular formula is C36H60N2O12. The van der Waals surface area contributed by atoms with Crippen molar-refractivity contribution in [1.29, 1.82) is 0 Å². The predicted octanol–water partition coefficient (Wildman–Crippen LogP) is 1.07. The maximum atomic E-state index is 8.85. The van der Waals surface area contributed by atoms with Crippen LogP contribution in [0.15, 0.2) is 48.5 Å². The maximum Gasteiger partial charge on any atom is 0.0701 e. The zero-order chi connectivity index (χ0) is 35.7. The predicted molar refractivity (Wildman–Crippen MR) is 191 cm³/mol. The van der Waals surface area contributed by atoms with Gasteiger partial charge in [0, 0.05) is 37.6 Å². The van der Waals surface area contributed by atoms with E-state index < -0.39 is 0 Å². The number of nitrogens with zero attached hydrogens (tertiary/aromatic N) is 2. The molecule has 0 amide bonds. The van der Waals surface area contributed by atoms with E-state index in [9.17, 15) is 0 Å². The van der Waals surface area contributed by atoms with Crippen molar-refractivity contribution in [2.45, 2.75) is 0 Å². The first-order valence-electron chi connectivity index (χ1n) is 17.5. The Morgan fingerprint density at radius 2 is 0.520 bits per heavy atom. The molecule has 0 saturated heterocycles. The largest absolute Gasteiger partial charge is 0.394 e. The fourth-order valence-corrected chi connectivity index (χ4v) is 4.71. The van der Waals surface area contributed by atoms with Crippen molar-refractivity contribution >= 4 is 11.4 Å². The lowest BCUT2D eigenvalue weighted by molar-refractivity contribution is 0.0315. The Balaban J connectivity index is 1.98. The van der Waals surface area contributed by atoms with Crippen molar-refractivity contribution in [3.05, 3.63) is 48.5 Å². The fourth-order valence-electron chi connectivity index (χ4n) is 4.71. The quantitative estimate of drug-likeness (QED) is 0.0752. The lowest BCUT2D eigenvalue weighted by Crippen LogP contribution is -2.31. The van der Waals surface area contributed by atoms with Crippen LogP contribution in [-0.2, 0) is 37.9 Å². The van der Waals surface area contributed by atoms with Gasteiger partial charge < -0.3 is 68.1 Å². The Morgan fingerprint density at radius 1 is 0.300 bits per heavy atom. The average Bonchev–Trinajstić information content (AvgIpc) is 3.15. The van der Waals surface area contributed by atoms with Gasteiger partial charge in [0.15, 0.2) is 0 Å². The molecule has 0 heterocycles. The summed E-state index contributed by atoms with van der Waals surface area (Å²) in [5, 5.41) is 35.4. The van der Waals surface area contributed by atoms with Gasteiger partial charge in [-0.05, 0) is 35.4 Å². The first-order valence-corrected chi connectivity index (χ1v) is 17.5. The molecule has 0 aliphatic heterocycles. The van der Waals surface area contributed by atoms with E-state index in [4.69, 9.17) is 58.3 Å². The molecule has 4 N–H and O–H groups in total. The SMILES string of the molecule is OCCOCCOCCN(CCOCCOCCO)c1ccc(-c2ccc(N(CCOCCOCCO)CCOCCOCCO)cc2)cc1. The Labute approximate surface area is 297 Å². The van der Waals surface area contributed by atoms with Crippen molar-refractivity contribution in [1.82, 2.24) is 0 Å². The molecule has 0 spiro atoms. The smallest absolute Gasteiger partial charge is 0.0701 e. The number of benzene rings is 2. The van der Waals surface area contributed by atoms with Gasteiger partial charge in [-0.25, -0.2) is 0 Å². The summed E-state index contributed by atoms with van der Waals surface area (Å²) in [6.07, 6.45) is 0. The summed E-state index contributed by atoms with van der Waals surface area (Å²) < 4.78 is 44.1. The van der Waals surface area contributed by atoms with Gasteiger partial charge in [-0.1, -0.05) is 24.3 Å². The van der Waals surface area contributed by atoms with Gasteiger partial charge >= 0.3 is 0 Å². The third-order valence-electron chi connectivity index (χ3n) is 7.25. The highest BCUT2D eigenvalue weighted by Crippen LogP contribution is 2.26. The number of aliphatic hydroxyl groups is 4. The Bertz CT molecular complexity index is 902. The van der Waals surface area contributed by atoms with Crippen LogP contribution in [0.5, 0.6) is 0 Å². The number of anilines is 2. The molecule has 0 bridgehead atoms. The van der Waals surface area contributed by atoms with E-state index in [1.165, 1.54) is 0 Å². The third kappa shape index (κ3) is 21.0. The second-order valence-corrected chi connectivity index (χ2v) is 10.9. The van der Waals surface area contributed by atoms with Gasteiger partial charge in [0.2, 0.25) is 0 Å². The monoisotopic (exact) mass is 712 g/mol. The summed E-state index contributed by atoms with van der Waals surface area (Å²) in [5.41, 5.74) is 4.30. The molecule has 14 nitrogen and oxygen atoms in total. The van der Waals surface area contributed by atoms with Crippen LogP contribution in [0.1, 0.15) is 0 Å². The average molecular weight is 713 g/mol. The second kappa shape index (κ2) is 31.3. The van der Waals surface area contributed by atoms with Crippen LogP contribution in [0.4, 0.5) is 11.4 Å². The van der Waals surface area contributed by atoms with E-state index in [1.807, 2.05) is 0 Å². The zero-order valence-electron chi connectivity index (χ0n) is 29.5. The van der Waals surface area contributed by atoms with E-state index in [0.29, 0.717) is 132 Å². The van der Waals surface area contributed by atoms with Crippen LogP contribution < -0.4 is 9.80 Å². The fraction of sp³-hybridized carbons (Fsp3) is 0.667. The van der Waals surface area contributed by atoms with Gasteiger partial charge in [-0.15, -0.1) is 0 Å². The van der Waals surface area contributed by atoms with Crippen LogP contribution in [0.25, 0.3) is 11.1 Å². The van der Waals surface area contributed by atoms with Gasteiger partial charge in [-0.3, -0.25) is 0 Å². The minimum atomic E-state index is -0.00316. The molecule has 2 rings (SSSR count). The highest BCUT2D eigenvalue weighted by molar-refractivity contribution is 5.68. The standard InChI is InChI=1S/C36H60N2O12/c39-13-21-47-29-25-43-17-9-37(10-18-44-26-30-48-22-14-40)35-5-1-33(2-6-35)34-3-7-36(8-4-34)38(11-19-45-27-31-49-23-15-41)12-20-46-28-32-50-24-16-42/h1-8,39-42H,9-32H2. The second-order valence-electron chi connectivity index (χ2n) is 10.9. The molecule has 0 aliphatic carbocycles. The molecule has 0 fully saturated rings. The summed E-state index contributed by atoms with van der Waals surface area (Å²) in [7, 11) is 0. The Kier molecular flexibility index (Phi) is 27.4. The van der Waals surface area contributed by atoms with Crippen LogP contribution in [-0.4, -0.2) is 179 Å². The number of aliphatic hydroxyl groups excluding tert-OH is 4. The van der Waals surface area contributed by atoms with E-state index in [0.717, 1.165) is 22.5 Å². The molecule has 0 radical (unpaired) electrons. The normalized spacial score (nSPS) is 11.4. The number of rotatable bonds is 35. The van der Waals surface area contributed by atoms with E-state index in [-0.39, 0.29) is 26.4 Å². The van der Waals surface area contributed by atoms with E-state index in [2.05, 4.69) is 58.3 Å². The lowest BCUT2D eigenvalue weighted by atomic mass is 10.0. The first-order chi connectivity index (χ1) is 24.7. The van der Waals surface area contributed by atoms with E-state index >= 15 is 0 Å². The van der Waals surface area contributed by atoms with Gasteiger partial charge in [0.05, 0.1) is 132 Å². The summed E-state index contributed by atoms with van der Waals surface area (Å²) in [4.78, 5) is 4.44. The Morgan fingerprint density at radius 3 is 0.740 bits per heavy atom. The summed E-state index contributed by atoms with van der Waals surface area (Å²) >= 11 is 0. The van der Waals surface area contributed by atoms with Crippen molar-refractivity contribution in [3.63, 3.8) is 0 Å². The van der Waals surface area contributed by atoms with E-state index in [1.54, 1.807) is 0 Å². The van der Waals surface area contributed by atoms with Crippen LogP contribution >= 0.6 is 0 Å². The highest BCUT2D eigenvalue weighted by atomic mass is 16.5. The van der Waals surface area contributed by atoms with Gasteiger partial charge in [-0.2, -0.15) is 0 Å². The van der Waals surface area contributed by atoms with Gasteiger partial charge in [0.25, 0.3) is 0 Å². The highest BCUT2D eigenvalue weighted by Gasteiger charge is 2.10. The van der Waals surface area contributed by atoms with Crippen LogP contribution in [0, 0.1) is 0 Å². The van der Waals surface area contributed by atoms with Crippen molar-refractivity contribution in [2.24, 2.45) is 0 Å². The Hall–Kier alpha value is -2.44. The summed E-state index contributed by atoms with van der Waals surface area (Å²) in [6.45, 7) is 9.57. The molecule has 0 aromatic heterocycles. The third-order valence-corrected chi connectivity index (χ3v) is 7.25. The molecule has 50 heavy (non-hydrogen) atoms. The molecule has 14 heteroatoms. The molecule has 286 valence electrons. The summed E-state index contributed by atoms with van der Waals surface area (Å²) in [6, 6.07) is 16.9. The number of hydrogen-bond acceptors (Lipinski definition) is 14. The van der Waals surface area contributed by atoms with Crippen LogP contribution in [0.3, 0.4) is 0 Å².